The van der Waals surface area contributed by atoms with Crippen LogP contribution in [0.25, 0.3) is 22.0 Å². The van der Waals surface area contributed by atoms with Gasteiger partial charge in [0.2, 0.25) is 17.7 Å². The maximum atomic E-state index is 15.6. The van der Waals surface area contributed by atoms with Crippen molar-refractivity contribution in [3.05, 3.63) is 161 Å². The number of likely N-dealkylation sites (tertiary alicyclic amines) is 1. The summed E-state index contributed by atoms with van der Waals surface area (Å²) in [6.45, 7) is 4.07. The molecule has 4 N–H and O–H groups in total. The van der Waals surface area contributed by atoms with E-state index in [0.29, 0.717) is 6.42 Å². The van der Waals surface area contributed by atoms with Crippen LogP contribution in [0.4, 0.5) is 10.5 Å². The summed E-state index contributed by atoms with van der Waals surface area (Å²) in [7, 11) is 1.31. The number of alkyl carbamates (subject to hydrolysis) is 1. The Morgan fingerprint density at radius 2 is 1.41 bits per heavy atom. The Morgan fingerprint density at radius 3 is 2.14 bits per heavy atom. The van der Waals surface area contributed by atoms with Crippen LogP contribution >= 0.6 is 0 Å². The van der Waals surface area contributed by atoms with Gasteiger partial charge in [-0.1, -0.05) is 129 Å². The average Bonchev–Trinajstić information content (AvgIpc) is 4.05. The van der Waals surface area contributed by atoms with Crippen molar-refractivity contribution in [1.29, 1.82) is 0 Å². The molecule has 5 aromatic carbocycles. The standard InChI is InChI=1S/C53H52N6O7/c1-31(2)25-42-47(60)55-43(48(61)54-42)27-33-29-58(45-24-14-11-17-34(33)45)53-28-46(50(63)65-3)59(51(53)56-41-23-13-12-22-40(41)53)49(62)44(26-32-15-5-4-6-16-32)57-52(64)66-30-39-37-20-9-7-18-35(37)36-19-8-10-21-38(36)39/h4-24,29,31,39,42-44,46,51,56H,25-28,30H2,1-3H3,(H,54,61)(H,55,60)(H,57,64)/t42-,43+,44-,46+,51-,53+/m1/s1. The number of carbonyl (C=O) groups is 5. The predicted octanol–water partition coefficient (Wildman–Crippen LogP) is 6.63. The van der Waals surface area contributed by atoms with Crippen LogP contribution in [0.2, 0.25) is 0 Å². The summed E-state index contributed by atoms with van der Waals surface area (Å²) in [6, 6.07) is 37.6. The first kappa shape index (κ1) is 42.5. The van der Waals surface area contributed by atoms with Gasteiger partial charge in [-0.25, -0.2) is 9.59 Å². The number of anilines is 1. The zero-order valence-electron chi connectivity index (χ0n) is 37.0. The summed E-state index contributed by atoms with van der Waals surface area (Å²) in [4.78, 5) is 72.1. The van der Waals surface area contributed by atoms with E-state index in [1.54, 1.807) is 4.90 Å². The Kier molecular flexibility index (Phi) is 11.1. The van der Waals surface area contributed by atoms with E-state index < -0.39 is 53.8 Å². The molecule has 2 fully saturated rings. The second-order valence-corrected chi connectivity index (χ2v) is 18.2. The van der Waals surface area contributed by atoms with Gasteiger partial charge in [0.15, 0.2) is 0 Å². The Balaban J connectivity index is 1.00. The summed E-state index contributed by atoms with van der Waals surface area (Å²) in [5, 5.41) is 13.3. The van der Waals surface area contributed by atoms with Gasteiger partial charge in [0.1, 0.15) is 42.5 Å². The quantitative estimate of drug-likeness (QED) is 0.0998. The summed E-state index contributed by atoms with van der Waals surface area (Å²) in [6.07, 6.45) is 1.37. The van der Waals surface area contributed by atoms with Gasteiger partial charge in [-0.15, -0.1) is 0 Å². The zero-order chi connectivity index (χ0) is 45.7. The molecule has 4 amide bonds. The lowest BCUT2D eigenvalue weighted by Gasteiger charge is -2.36. The number of esters is 1. The van der Waals surface area contributed by atoms with Gasteiger partial charge < -0.3 is 40.2 Å². The highest BCUT2D eigenvalue weighted by Gasteiger charge is 2.63. The lowest BCUT2D eigenvalue weighted by atomic mass is 9.86. The number of fused-ring (bicyclic) bond motifs is 7. The molecule has 0 spiro atoms. The SMILES string of the molecule is COC(=O)[C@@H]1C[C@]2(n3cc(C[C@@H]4NC(=O)[C@@H](CC(C)C)NC4=O)c4ccccc43)c3ccccc3N[C@@H]2N1C(=O)[C@@H](Cc1ccccc1)NC(=O)OCC1c2ccccc2-c2ccccc21. The number of hydrogen-bond donors (Lipinski definition) is 4. The summed E-state index contributed by atoms with van der Waals surface area (Å²) in [5.41, 5.74) is 7.30. The van der Waals surface area contributed by atoms with Crippen LogP contribution < -0.4 is 21.3 Å². The van der Waals surface area contributed by atoms with E-state index in [-0.39, 0.29) is 49.5 Å². The largest absolute Gasteiger partial charge is 0.467 e. The molecular formula is C53H52N6O7. The van der Waals surface area contributed by atoms with Crippen molar-refractivity contribution in [2.45, 2.75) is 81.3 Å². The minimum Gasteiger partial charge on any atom is -0.467 e. The predicted molar refractivity (Wildman–Crippen MR) is 249 cm³/mol. The summed E-state index contributed by atoms with van der Waals surface area (Å²) >= 11 is 0. The molecular weight excluding hydrogens is 833 g/mol. The van der Waals surface area contributed by atoms with Crippen LogP contribution in [0.3, 0.4) is 0 Å². The minimum atomic E-state index is -1.15. The molecule has 0 bridgehead atoms. The first-order valence-electron chi connectivity index (χ1n) is 22.7. The van der Waals surface area contributed by atoms with E-state index >= 15 is 4.79 Å². The van der Waals surface area contributed by atoms with Crippen molar-refractivity contribution in [3.63, 3.8) is 0 Å². The van der Waals surface area contributed by atoms with Crippen LogP contribution in [0, 0.1) is 5.92 Å². The maximum absolute atomic E-state index is 15.6. The second-order valence-electron chi connectivity index (χ2n) is 18.2. The first-order valence-corrected chi connectivity index (χ1v) is 22.7. The average molecular weight is 885 g/mol. The number of piperazine rings is 1. The molecule has 2 saturated heterocycles. The molecule has 4 heterocycles. The van der Waals surface area contributed by atoms with E-state index in [0.717, 1.165) is 55.5 Å². The number of para-hydroxylation sites is 2. The van der Waals surface area contributed by atoms with Gasteiger partial charge >= 0.3 is 12.1 Å². The molecule has 13 heteroatoms. The van der Waals surface area contributed by atoms with Crippen molar-refractivity contribution in [2.75, 3.05) is 19.0 Å². The van der Waals surface area contributed by atoms with Crippen molar-refractivity contribution in [1.82, 2.24) is 25.4 Å². The minimum absolute atomic E-state index is 0.0525. The topological polar surface area (TPSA) is 160 Å². The lowest BCUT2D eigenvalue weighted by Crippen LogP contribution is -2.62. The highest BCUT2D eigenvalue weighted by Crippen LogP contribution is 2.54. The van der Waals surface area contributed by atoms with Crippen molar-refractivity contribution in [3.8, 4) is 11.1 Å². The van der Waals surface area contributed by atoms with Crippen LogP contribution in [-0.2, 0) is 47.0 Å². The number of hydrogen-bond acceptors (Lipinski definition) is 8. The molecule has 1 aromatic heterocycles. The normalized spacial score (nSPS) is 22.1. The van der Waals surface area contributed by atoms with Crippen LogP contribution in [0.1, 0.15) is 60.4 Å². The van der Waals surface area contributed by atoms with Crippen LogP contribution in [-0.4, -0.2) is 83.3 Å². The molecule has 66 heavy (non-hydrogen) atoms. The number of nitrogens with one attached hydrogen (secondary N) is 4. The van der Waals surface area contributed by atoms with E-state index in [2.05, 4.69) is 38.0 Å². The number of methoxy groups -OCH3 is 1. The van der Waals surface area contributed by atoms with Gasteiger partial charge in [-0.05, 0) is 57.9 Å². The third-order valence-corrected chi connectivity index (χ3v) is 13.8. The number of carbonyl (C=O) groups excluding carboxylic acids is 5. The zero-order valence-corrected chi connectivity index (χ0v) is 37.0. The van der Waals surface area contributed by atoms with Crippen LogP contribution in [0.5, 0.6) is 0 Å². The number of aromatic nitrogens is 1. The molecule has 336 valence electrons. The molecule has 6 aromatic rings. The monoisotopic (exact) mass is 884 g/mol. The molecule has 0 unspecified atom stereocenters. The molecule has 0 radical (unpaired) electrons. The summed E-state index contributed by atoms with van der Waals surface area (Å²) in [5.74, 6) is -1.54. The maximum Gasteiger partial charge on any atom is 0.407 e. The summed E-state index contributed by atoms with van der Waals surface area (Å²) < 4.78 is 13.6. The van der Waals surface area contributed by atoms with E-state index in [4.69, 9.17) is 9.47 Å². The Hall–Kier alpha value is -7.41. The molecule has 6 atom stereocenters. The van der Waals surface area contributed by atoms with Gasteiger partial charge in [-0.2, -0.15) is 0 Å². The Labute approximate surface area is 382 Å². The number of ether oxygens (including phenoxy) is 2. The fourth-order valence-electron chi connectivity index (χ4n) is 10.9. The van der Waals surface area contributed by atoms with E-state index in [9.17, 15) is 19.2 Å². The van der Waals surface area contributed by atoms with Gasteiger partial charge in [0, 0.05) is 53.5 Å². The van der Waals surface area contributed by atoms with Crippen molar-refractivity contribution in [2.24, 2.45) is 5.92 Å². The smallest absolute Gasteiger partial charge is 0.407 e. The molecule has 4 aliphatic rings. The Morgan fingerprint density at radius 1 is 0.773 bits per heavy atom. The van der Waals surface area contributed by atoms with E-state index in [1.165, 1.54) is 7.11 Å². The Bertz CT molecular complexity index is 2830. The lowest BCUT2D eigenvalue weighted by molar-refractivity contribution is -0.152. The van der Waals surface area contributed by atoms with Gasteiger partial charge in [-0.3, -0.25) is 14.4 Å². The molecule has 3 aliphatic heterocycles. The van der Waals surface area contributed by atoms with Gasteiger partial charge in [0.05, 0.1) is 7.11 Å². The van der Waals surface area contributed by atoms with Gasteiger partial charge in [0.25, 0.3) is 0 Å². The number of rotatable bonds is 12. The molecule has 10 rings (SSSR count). The number of amides is 4. The van der Waals surface area contributed by atoms with Crippen molar-refractivity contribution < 1.29 is 33.4 Å². The third kappa shape index (κ3) is 7.32. The number of nitrogens with zero attached hydrogens (tertiary/aromatic N) is 2. The molecule has 13 nitrogen and oxygen atoms in total. The molecule has 0 saturated carbocycles. The van der Waals surface area contributed by atoms with E-state index in [1.807, 2.05) is 135 Å². The fraction of sp³-hybridized carbons (Fsp3) is 0.302. The molecule has 1 aliphatic carbocycles. The second kappa shape index (κ2) is 17.2. The van der Waals surface area contributed by atoms with Crippen LogP contribution in [0.15, 0.2) is 134 Å². The third-order valence-electron chi connectivity index (χ3n) is 13.8. The first-order chi connectivity index (χ1) is 32.0. The fourth-order valence-corrected chi connectivity index (χ4v) is 10.9. The highest BCUT2D eigenvalue weighted by molar-refractivity contribution is 5.98. The van der Waals surface area contributed by atoms with Crippen molar-refractivity contribution >= 4 is 46.4 Å². The number of benzene rings is 5. The highest BCUT2D eigenvalue weighted by atomic mass is 16.5.